The summed E-state index contributed by atoms with van der Waals surface area (Å²) in [6, 6.07) is 12.3. The summed E-state index contributed by atoms with van der Waals surface area (Å²) < 4.78 is 11.0. The molecule has 0 radical (unpaired) electrons. The van der Waals surface area contributed by atoms with Crippen molar-refractivity contribution in [2.24, 2.45) is 0 Å². The van der Waals surface area contributed by atoms with Gasteiger partial charge in [-0.3, -0.25) is 9.80 Å². The smallest absolute Gasteiger partial charge is 0.450 e. The predicted octanol–water partition coefficient (Wildman–Crippen LogP) is 4.60. The molecule has 2 aromatic rings. The van der Waals surface area contributed by atoms with E-state index >= 15 is 0 Å². The number of likely N-dealkylation sites (tertiary alicyclic amines) is 1. The van der Waals surface area contributed by atoms with Crippen molar-refractivity contribution in [3.63, 3.8) is 0 Å². The predicted molar refractivity (Wildman–Crippen MR) is 155 cm³/mol. The molecule has 3 saturated heterocycles. The number of ether oxygens (including phenoxy) is 2. The van der Waals surface area contributed by atoms with Crippen molar-refractivity contribution in [1.29, 1.82) is 0 Å². The highest BCUT2D eigenvalue weighted by Crippen LogP contribution is 2.32. The van der Waals surface area contributed by atoms with Crippen molar-refractivity contribution in [3.05, 3.63) is 48.2 Å². The SMILES string of the molecule is CCCCC1C(CN2CCC(OC(=O)O)CC2)OC(=O)N1C1CCN(c2ccnc(NCc3ccccc3)n2)CC1. The molecule has 41 heavy (non-hydrogen) atoms. The molecule has 3 fully saturated rings. The van der Waals surface area contributed by atoms with Gasteiger partial charge in [0.1, 0.15) is 18.0 Å². The monoisotopic (exact) mass is 566 g/mol. The Morgan fingerprint density at radius 1 is 1.10 bits per heavy atom. The molecular formula is C30H42N6O5. The number of carboxylic acid groups (broad SMARTS) is 1. The average molecular weight is 567 g/mol. The topological polar surface area (TPSA) is 120 Å². The van der Waals surface area contributed by atoms with Gasteiger partial charge in [0.15, 0.2) is 0 Å². The average Bonchev–Trinajstić information content (AvgIpc) is 3.30. The number of nitrogens with zero attached hydrogens (tertiary/aromatic N) is 5. The van der Waals surface area contributed by atoms with E-state index in [1.54, 1.807) is 6.20 Å². The van der Waals surface area contributed by atoms with Crippen LogP contribution in [0.5, 0.6) is 0 Å². The number of carbonyl (C=O) groups excluding carboxylic acids is 1. The summed E-state index contributed by atoms with van der Waals surface area (Å²) in [5, 5.41) is 12.2. The van der Waals surface area contributed by atoms with Crippen LogP contribution in [0.3, 0.4) is 0 Å². The molecule has 0 saturated carbocycles. The van der Waals surface area contributed by atoms with Gasteiger partial charge in [-0.1, -0.05) is 50.1 Å². The van der Waals surface area contributed by atoms with Gasteiger partial charge in [0.2, 0.25) is 5.95 Å². The minimum Gasteiger partial charge on any atom is -0.450 e. The number of hydrogen-bond acceptors (Lipinski definition) is 9. The van der Waals surface area contributed by atoms with Crippen LogP contribution >= 0.6 is 0 Å². The molecular weight excluding hydrogens is 524 g/mol. The second-order valence-electron chi connectivity index (χ2n) is 11.2. The van der Waals surface area contributed by atoms with Crippen LogP contribution in [0, 0.1) is 0 Å². The summed E-state index contributed by atoms with van der Waals surface area (Å²) >= 11 is 0. The number of anilines is 2. The Labute approximate surface area is 241 Å². The first-order valence-corrected chi connectivity index (χ1v) is 15.0. The summed E-state index contributed by atoms with van der Waals surface area (Å²) in [5.41, 5.74) is 1.17. The van der Waals surface area contributed by atoms with Crippen LogP contribution in [0.15, 0.2) is 42.6 Å². The number of carbonyl (C=O) groups is 2. The third-order valence-corrected chi connectivity index (χ3v) is 8.46. The summed E-state index contributed by atoms with van der Waals surface area (Å²) in [5.74, 6) is 1.51. The summed E-state index contributed by atoms with van der Waals surface area (Å²) in [6.45, 7) is 6.62. The van der Waals surface area contributed by atoms with Crippen molar-refractivity contribution < 1.29 is 24.2 Å². The molecule has 0 bridgehead atoms. The molecule has 5 rings (SSSR count). The second-order valence-corrected chi connectivity index (χ2v) is 11.2. The van der Waals surface area contributed by atoms with E-state index in [0.717, 1.165) is 64.1 Å². The number of aromatic nitrogens is 2. The first-order valence-electron chi connectivity index (χ1n) is 15.0. The standard InChI is InChI=1S/C30H42N6O5/c1-2-3-9-25-26(21-34-16-13-24(14-17-34)40-30(38)39)41-29(37)36(25)23-11-18-35(19-12-23)27-10-15-31-28(33-27)32-20-22-7-5-4-6-8-22/h4-8,10,15,23-26H,2-3,9,11-14,16-21H2,1H3,(H,38,39)(H,31,32,33). The van der Waals surface area contributed by atoms with Gasteiger partial charge in [-0.05, 0) is 43.7 Å². The first kappa shape index (κ1) is 28.9. The molecule has 0 spiro atoms. The van der Waals surface area contributed by atoms with E-state index in [1.165, 1.54) is 5.56 Å². The van der Waals surface area contributed by atoms with Crippen LogP contribution in [0.1, 0.15) is 57.4 Å². The lowest BCUT2D eigenvalue weighted by Gasteiger charge is -2.39. The number of piperidine rings is 2. The van der Waals surface area contributed by atoms with E-state index in [0.29, 0.717) is 31.9 Å². The molecule has 11 heteroatoms. The largest absolute Gasteiger partial charge is 0.506 e. The van der Waals surface area contributed by atoms with E-state index in [-0.39, 0.29) is 30.4 Å². The second kappa shape index (κ2) is 13.8. The maximum absolute atomic E-state index is 13.2. The van der Waals surface area contributed by atoms with Crippen LogP contribution in [0.2, 0.25) is 0 Å². The molecule has 2 atom stereocenters. The lowest BCUT2D eigenvalue weighted by Crippen LogP contribution is -2.51. The van der Waals surface area contributed by atoms with Crippen LogP contribution in [-0.2, 0) is 16.0 Å². The maximum atomic E-state index is 13.2. The Morgan fingerprint density at radius 3 is 2.56 bits per heavy atom. The van der Waals surface area contributed by atoms with Gasteiger partial charge in [0.05, 0.1) is 6.04 Å². The van der Waals surface area contributed by atoms with E-state index in [9.17, 15) is 9.59 Å². The van der Waals surface area contributed by atoms with Crippen LogP contribution in [0.25, 0.3) is 0 Å². The zero-order valence-corrected chi connectivity index (χ0v) is 23.9. The van der Waals surface area contributed by atoms with Crippen molar-refractivity contribution in [1.82, 2.24) is 19.8 Å². The Morgan fingerprint density at radius 2 is 1.85 bits per heavy atom. The summed E-state index contributed by atoms with van der Waals surface area (Å²) in [7, 11) is 0. The molecule has 11 nitrogen and oxygen atoms in total. The molecule has 222 valence electrons. The highest BCUT2D eigenvalue weighted by molar-refractivity contribution is 5.71. The molecule has 3 aliphatic heterocycles. The zero-order valence-electron chi connectivity index (χ0n) is 23.9. The van der Waals surface area contributed by atoms with Gasteiger partial charge < -0.3 is 24.8 Å². The van der Waals surface area contributed by atoms with E-state index in [1.807, 2.05) is 29.2 Å². The lowest BCUT2D eigenvalue weighted by molar-refractivity contribution is 0.00985. The van der Waals surface area contributed by atoms with E-state index < -0.39 is 6.16 Å². The van der Waals surface area contributed by atoms with Crippen molar-refractivity contribution >= 4 is 24.0 Å². The third kappa shape index (κ3) is 7.58. The number of hydrogen-bond donors (Lipinski definition) is 2. The first-order chi connectivity index (χ1) is 20.0. The lowest BCUT2D eigenvalue weighted by atomic mass is 9.96. The summed E-state index contributed by atoms with van der Waals surface area (Å²) in [4.78, 5) is 39.8. The van der Waals surface area contributed by atoms with E-state index in [2.05, 4.69) is 39.2 Å². The summed E-state index contributed by atoms with van der Waals surface area (Å²) in [6.07, 6.45) is 6.04. The number of benzene rings is 1. The van der Waals surface area contributed by atoms with Gasteiger partial charge in [0, 0.05) is 51.5 Å². The van der Waals surface area contributed by atoms with Crippen LogP contribution in [-0.4, -0.2) is 94.1 Å². The Kier molecular flexibility index (Phi) is 9.76. The molecule has 4 heterocycles. The quantitative estimate of drug-likeness (QED) is 0.374. The highest BCUT2D eigenvalue weighted by atomic mass is 16.7. The van der Waals surface area contributed by atoms with Gasteiger partial charge in [-0.2, -0.15) is 4.98 Å². The molecule has 1 amide bonds. The fourth-order valence-corrected chi connectivity index (χ4v) is 6.27. The number of cyclic esters (lactones) is 1. The number of amides is 1. The molecule has 3 aliphatic rings. The molecule has 1 aromatic carbocycles. The molecule has 1 aromatic heterocycles. The molecule has 2 unspecified atom stereocenters. The molecule has 0 aliphatic carbocycles. The Balaban J connectivity index is 1.16. The number of rotatable bonds is 11. The number of nitrogens with one attached hydrogen (secondary N) is 1. The van der Waals surface area contributed by atoms with Crippen LogP contribution < -0.4 is 10.2 Å². The number of unbranched alkanes of at least 4 members (excludes halogenated alkanes) is 1. The Hall–Kier alpha value is -3.60. The normalized spacial score (nSPS) is 22.5. The minimum atomic E-state index is -1.21. The van der Waals surface area contributed by atoms with Crippen LogP contribution in [0.4, 0.5) is 21.4 Å². The van der Waals surface area contributed by atoms with Crippen molar-refractivity contribution in [2.45, 2.75) is 82.7 Å². The van der Waals surface area contributed by atoms with E-state index in [4.69, 9.17) is 19.6 Å². The van der Waals surface area contributed by atoms with Crippen molar-refractivity contribution in [3.8, 4) is 0 Å². The zero-order chi connectivity index (χ0) is 28.6. The fourth-order valence-electron chi connectivity index (χ4n) is 6.27. The maximum Gasteiger partial charge on any atom is 0.506 e. The Bertz CT molecular complexity index is 1140. The van der Waals surface area contributed by atoms with Gasteiger partial charge in [-0.25, -0.2) is 14.6 Å². The van der Waals surface area contributed by atoms with Gasteiger partial charge >= 0.3 is 12.2 Å². The highest BCUT2D eigenvalue weighted by Gasteiger charge is 2.46. The fraction of sp³-hybridized carbons (Fsp3) is 0.600. The van der Waals surface area contributed by atoms with Gasteiger partial charge in [-0.15, -0.1) is 0 Å². The molecule has 2 N–H and O–H groups in total. The minimum absolute atomic E-state index is 0.0554. The van der Waals surface area contributed by atoms with Crippen molar-refractivity contribution in [2.75, 3.05) is 42.9 Å². The van der Waals surface area contributed by atoms with Gasteiger partial charge in [0.25, 0.3) is 0 Å². The third-order valence-electron chi connectivity index (χ3n) is 8.46.